The zero-order valence-electron chi connectivity index (χ0n) is 11.8. The molecule has 1 amide bonds. The quantitative estimate of drug-likeness (QED) is 0.803. The normalized spacial score (nSPS) is 10.3. The smallest absolute Gasteiger partial charge is 0.276 e. The van der Waals surface area contributed by atoms with E-state index in [2.05, 4.69) is 15.5 Å². The van der Waals surface area contributed by atoms with Gasteiger partial charge in [0.05, 0.1) is 5.69 Å². The Kier molecular flexibility index (Phi) is 4.05. The van der Waals surface area contributed by atoms with Crippen LogP contribution >= 0.6 is 0 Å². The van der Waals surface area contributed by atoms with Gasteiger partial charge in [0.2, 0.25) is 0 Å². The molecule has 0 bridgehead atoms. The van der Waals surface area contributed by atoms with E-state index in [1.165, 1.54) is 12.1 Å². The van der Waals surface area contributed by atoms with Crippen molar-refractivity contribution in [2.45, 2.75) is 0 Å². The van der Waals surface area contributed by atoms with E-state index < -0.39 is 17.5 Å². The lowest BCUT2D eigenvalue weighted by molar-refractivity contribution is 0.102. The fourth-order valence-electron chi connectivity index (χ4n) is 1.99. The first-order valence-electron chi connectivity index (χ1n) is 6.79. The number of nitrogens with one attached hydrogen (secondary N) is 1. The Morgan fingerprint density at radius 2 is 1.65 bits per heavy atom. The summed E-state index contributed by atoms with van der Waals surface area (Å²) >= 11 is 0. The maximum atomic E-state index is 13.1. The number of halogens is 2. The van der Waals surface area contributed by atoms with Gasteiger partial charge in [0, 0.05) is 17.3 Å². The fourth-order valence-corrected chi connectivity index (χ4v) is 1.99. The summed E-state index contributed by atoms with van der Waals surface area (Å²) in [5, 5.41) is 10.3. The van der Waals surface area contributed by atoms with E-state index >= 15 is 0 Å². The molecule has 3 aromatic rings. The van der Waals surface area contributed by atoms with E-state index in [1.807, 2.05) is 30.3 Å². The third-order valence-electron chi connectivity index (χ3n) is 3.14. The van der Waals surface area contributed by atoms with Gasteiger partial charge < -0.3 is 5.32 Å². The maximum absolute atomic E-state index is 13.1. The largest absolute Gasteiger partial charge is 0.320 e. The zero-order chi connectivity index (χ0) is 16.2. The van der Waals surface area contributed by atoms with Crippen molar-refractivity contribution in [3.05, 3.63) is 78.0 Å². The summed E-state index contributed by atoms with van der Waals surface area (Å²) in [6.45, 7) is 0. The molecule has 0 atom stereocenters. The molecule has 0 unspecified atom stereocenters. The van der Waals surface area contributed by atoms with Crippen molar-refractivity contribution in [1.82, 2.24) is 10.2 Å². The van der Waals surface area contributed by atoms with Crippen LogP contribution in [0.2, 0.25) is 0 Å². The molecule has 3 rings (SSSR count). The number of carbonyl (C=O) groups is 1. The second-order valence-electron chi connectivity index (χ2n) is 4.75. The van der Waals surface area contributed by atoms with Crippen LogP contribution in [0.5, 0.6) is 0 Å². The van der Waals surface area contributed by atoms with Crippen LogP contribution in [0.4, 0.5) is 14.5 Å². The van der Waals surface area contributed by atoms with Crippen molar-refractivity contribution in [2.75, 3.05) is 5.32 Å². The minimum Gasteiger partial charge on any atom is -0.320 e. The van der Waals surface area contributed by atoms with Gasteiger partial charge in [0.15, 0.2) is 17.3 Å². The molecule has 0 aliphatic carbocycles. The second-order valence-corrected chi connectivity index (χ2v) is 4.75. The molecule has 0 saturated heterocycles. The summed E-state index contributed by atoms with van der Waals surface area (Å²) in [6.07, 6.45) is 0. The Balaban J connectivity index is 1.76. The van der Waals surface area contributed by atoms with E-state index in [-0.39, 0.29) is 11.4 Å². The van der Waals surface area contributed by atoms with Crippen LogP contribution in [-0.4, -0.2) is 16.1 Å². The lowest BCUT2D eigenvalue weighted by Gasteiger charge is -2.05. The van der Waals surface area contributed by atoms with Gasteiger partial charge in [-0.15, -0.1) is 10.2 Å². The molecule has 1 heterocycles. The van der Waals surface area contributed by atoms with Crippen LogP contribution in [0.3, 0.4) is 0 Å². The lowest BCUT2D eigenvalue weighted by Crippen LogP contribution is -2.14. The maximum Gasteiger partial charge on any atom is 0.276 e. The van der Waals surface area contributed by atoms with Gasteiger partial charge in [-0.25, -0.2) is 8.78 Å². The van der Waals surface area contributed by atoms with E-state index in [0.29, 0.717) is 5.69 Å². The first-order chi connectivity index (χ1) is 11.1. The summed E-state index contributed by atoms with van der Waals surface area (Å²) in [7, 11) is 0. The minimum atomic E-state index is -1.03. The molecule has 0 saturated carbocycles. The molecule has 4 nitrogen and oxygen atoms in total. The Bertz CT molecular complexity index is 836. The molecule has 2 aromatic carbocycles. The SMILES string of the molecule is O=C(Nc1ccc(F)c(F)c1)c1ccc(-c2ccccc2)nn1. The highest BCUT2D eigenvalue weighted by Gasteiger charge is 2.11. The number of aromatic nitrogens is 2. The number of rotatable bonds is 3. The number of benzene rings is 2. The van der Waals surface area contributed by atoms with Crippen molar-refractivity contribution < 1.29 is 13.6 Å². The molecule has 0 radical (unpaired) electrons. The predicted molar refractivity (Wildman–Crippen MR) is 81.8 cm³/mol. The number of amides is 1. The van der Waals surface area contributed by atoms with Crippen LogP contribution in [0.1, 0.15) is 10.5 Å². The van der Waals surface area contributed by atoms with Crippen molar-refractivity contribution >= 4 is 11.6 Å². The summed E-state index contributed by atoms with van der Waals surface area (Å²) in [5.41, 5.74) is 1.74. The highest BCUT2D eigenvalue weighted by atomic mass is 19.2. The summed E-state index contributed by atoms with van der Waals surface area (Å²) in [5.74, 6) is -2.56. The zero-order valence-corrected chi connectivity index (χ0v) is 11.8. The highest BCUT2D eigenvalue weighted by Crippen LogP contribution is 2.16. The summed E-state index contributed by atoms with van der Waals surface area (Å²) < 4.78 is 26.0. The van der Waals surface area contributed by atoms with Crippen LogP contribution in [0.25, 0.3) is 11.3 Å². The third-order valence-corrected chi connectivity index (χ3v) is 3.14. The van der Waals surface area contributed by atoms with Crippen molar-refractivity contribution in [2.24, 2.45) is 0 Å². The molecule has 0 spiro atoms. The van der Waals surface area contributed by atoms with Crippen LogP contribution < -0.4 is 5.32 Å². The molecular formula is C17H11F2N3O. The Hall–Kier alpha value is -3.15. The topological polar surface area (TPSA) is 54.9 Å². The van der Waals surface area contributed by atoms with Crippen molar-refractivity contribution in [3.8, 4) is 11.3 Å². The van der Waals surface area contributed by atoms with E-state index in [9.17, 15) is 13.6 Å². The Labute approximate surface area is 130 Å². The molecule has 0 aliphatic rings. The molecule has 0 fully saturated rings. The highest BCUT2D eigenvalue weighted by molar-refractivity contribution is 6.02. The van der Waals surface area contributed by atoms with Crippen molar-refractivity contribution in [3.63, 3.8) is 0 Å². The van der Waals surface area contributed by atoms with E-state index in [4.69, 9.17) is 0 Å². The van der Waals surface area contributed by atoms with Crippen LogP contribution in [0, 0.1) is 11.6 Å². The number of nitrogens with zero attached hydrogens (tertiary/aromatic N) is 2. The molecule has 23 heavy (non-hydrogen) atoms. The molecular weight excluding hydrogens is 300 g/mol. The average Bonchev–Trinajstić information content (AvgIpc) is 2.59. The Morgan fingerprint density at radius 3 is 2.30 bits per heavy atom. The molecule has 1 N–H and O–H groups in total. The fraction of sp³-hybridized carbons (Fsp3) is 0. The average molecular weight is 311 g/mol. The molecule has 1 aromatic heterocycles. The predicted octanol–water partition coefficient (Wildman–Crippen LogP) is 3.67. The minimum absolute atomic E-state index is 0.0782. The standard InChI is InChI=1S/C17H11F2N3O/c18-13-7-6-12(10-14(13)19)20-17(23)16-9-8-15(21-22-16)11-4-2-1-3-5-11/h1-10H,(H,20,23). The summed E-state index contributed by atoms with van der Waals surface area (Å²) in [6, 6.07) is 15.7. The van der Waals surface area contributed by atoms with E-state index in [0.717, 1.165) is 17.7 Å². The number of anilines is 1. The van der Waals surface area contributed by atoms with Gasteiger partial charge in [-0.1, -0.05) is 30.3 Å². The second kappa shape index (κ2) is 6.31. The van der Waals surface area contributed by atoms with Crippen molar-refractivity contribution in [1.29, 1.82) is 0 Å². The molecule has 114 valence electrons. The van der Waals surface area contributed by atoms with E-state index in [1.54, 1.807) is 6.07 Å². The van der Waals surface area contributed by atoms with Gasteiger partial charge in [-0.05, 0) is 24.3 Å². The molecule has 6 heteroatoms. The van der Waals surface area contributed by atoms with Gasteiger partial charge >= 0.3 is 0 Å². The van der Waals surface area contributed by atoms with Gasteiger partial charge in [0.25, 0.3) is 5.91 Å². The van der Waals surface area contributed by atoms with Crippen LogP contribution in [-0.2, 0) is 0 Å². The van der Waals surface area contributed by atoms with Crippen LogP contribution in [0.15, 0.2) is 60.7 Å². The van der Waals surface area contributed by atoms with Gasteiger partial charge in [-0.2, -0.15) is 0 Å². The Morgan fingerprint density at radius 1 is 0.870 bits per heavy atom. The number of carbonyl (C=O) groups excluding carboxylic acids is 1. The van der Waals surface area contributed by atoms with Gasteiger partial charge in [-0.3, -0.25) is 4.79 Å². The first kappa shape index (κ1) is 14.8. The third kappa shape index (κ3) is 3.37. The monoisotopic (exact) mass is 311 g/mol. The number of hydrogen-bond donors (Lipinski definition) is 1. The lowest BCUT2D eigenvalue weighted by atomic mass is 10.1. The number of hydrogen-bond acceptors (Lipinski definition) is 3. The van der Waals surface area contributed by atoms with Gasteiger partial charge in [0.1, 0.15) is 0 Å². The first-order valence-corrected chi connectivity index (χ1v) is 6.79. The summed E-state index contributed by atoms with van der Waals surface area (Å²) in [4.78, 5) is 12.0. The molecule has 0 aliphatic heterocycles.